The predicted molar refractivity (Wildman–Crippen MR) is 53.0 cm³/mol. The summed E-state index contributed by atoms with van der Waals surface area (Å²) in [5, 5.41) is 3.16. The molecule has 5 heteroatoms. The molecule has 1 fully saturated rings. The molecule has 1 aliphatic rings. The van der Waals surface area contributed by atoms with Crippen LogP contribution in [-0.4, -0.2) is 44.7 Å². The van der Waals surface area contributed by atoms with Crippen LogP contribution in [0.4, 0.5) is 0 Å². The highest BCUT2D eigenvalue weighted by molar-refractivity contribution is 7.89. The average Bonchev–Trinajstić information content (AvgIpc) is 2.31. The Morgan fingerprint density at radius 1 is 1.38 bits per heavy atom. The van der Waals surface area contributed by atoms with Crippen LogP contribution in [-0.2, 0) is 10.0 Å². The third-order valence-electron chi connectivity index (χ3n) is 2.02. The molecule has 0 bridgehead atoms. The molecule has 1 N–H and O–H groups in total. The standard InChI is InChI=1S/C8H16N2O2S/c1-2-8-13(11,12)10-6-3-4-9-5-7-10/h2,9H,1,3-8H2. The first-order valence-electron chi connectivity index (χ1n) is 4.46. The second-order valence-corrected chi connectivity index (χ2v) is 5.08. The van der Waals surface area contributed by atoms with Crippen molar-refractivity contribution in [2.45, 2.75) is 6.42 Å². The van der Waals surface area contributed by atoms with Gasteiger partial charge in [-0.15, -0.1) is 6.58 Å². The van der Waals surface area contributed by atoms with Crippen molar-refractivity contribution in [1.29, 1.82) is 0 Å². The van der Waals surface area contributed by atoms with Gasteiger partial charge in [-0.3, -0.25) is 0 Å². The molecule has 0 amide bonds. The van der Waals surface area contributed by atoms with E-state index in [-0.39, 0.29) is 5.75 Å². The van der Waals surface area contributed by atoms with Crippen LogP contribution in [0.2, 0.25) is 0 Å². The van der Waals surface area contributed by atoms with E-state index in [1.807, 2.05) is 0 Å². The third kappa shape index (κ3) is 3.10. The van der Waals surface area contributed by atoms with E-state index in [0.717, 1.165) is 19.5 Å². The van der Waals surface area contributed by atoms with Crippen LogP contribution in [0.15, 0.2) is 12.7 Å². The molecule has 0 aromatic rings. The molecule has 1 rings (SSSR count). The predicted octanol–water partition coefficient (Wildman–Crippen LogP) is -0.202. The van der Waals surface area contributed by atoms with Crippen LogP contribution in [0.25, 0.3) is 0 Å². The Morgan fingerprint density at radius 2 is 2.15 bits per heavy atom. The Labute approximate surface area is 79.7 Å². The second-order valence-electron chi connectivity index (χ2n) is 3.07. The monoisotopic (exact) mass is 204 g/mol. The molecule has 76 valence electrons. The van der Waals surface area contributed by atoms with Crippen molar-refractivity contribution >= 4 is 10.0 Å². The van der Waals surface area contributed by atoms with Gasteiger partial charge in [-0.1, -0.05) is 6.08 Å². The van der Waals surface area contributed by atoms with Crippen molar-refractivity contribution in [2.75, 3.05) is 31.9 Å². The van der Waals surface area contributed by atoms with Crippen molar-refractivity contribution in [3.8, 4) is 0 Å². The van der Waals surface area contributed by atoms with Crippen LogP contribution in [0.3, 0.4) is 0 Å². The van der Waals surface area contributed by atoms with E-state index in [2.05, 4.69) is 11.9 Å². The Bertz CT molecular complexity index is 253. The van der Waals surface area contributed by atoms with Crippen molar-refractivity contribution < 1.29 is 8.42 Å². The molecule has 0 atom stereocenters. The zero-order chi connectivity index (χ0) is 9.73. The van der Waals surface area contributed by atoms with Crippen molar-refractivity contribution in [3.05, 3.63) is 12.7 Å². The zero-order valence-electron chi connectivity index (χ0n) is 7.70. The highest BCUT2D eigenvalue weighted by Crippen LogP contribution is 2.04. The van der Waals surface area contributed by atoms with Crippen molar-refractivity contribution in [2.24, 2.45) is 0 Å². The normalized spacial score (nSPS) is 20.9. The summed E-state index contributed by atoms with van der Waals surface area (Å²) in [5.41, 5.74) is 0. The van der Waals surface area contributed by atoms with E-state index in [4.69, 9.17) is 0 Å². The smallest absolute Gasteiger partial charge is 0.217 e. The number of nitrogens with zero attached hydrogens (tertiary/aromatic N) is 1. The maximum absolute atomic E-state index is 11.6. The summed E-state index contributed by atoms with van der Waals surface area (Å²) in [7, 11) is -3.08. The van der Waals surface area contributed by atoms with Crippen LogP contribution in [0.1, 0.15) is 6.42 Å². The van der Waals surface area contributed by atoms with Gasteiger partial charge in [0.25, 0.3) is 0 Å². The van der Waals surface area contributed by atoms with Gasteiger partial charge in [-0.05, 0) is 13.0 Å². The van der Waals surface area contributed by atoms with E-state index in [1.54, 1.807) is 0 Å². The molecular formula is C8H16N2O2S. The topological polar surface area (TPSA) is 49.4 Å². The lowest BCUT2D eigenvalue weighted by Gasteiger charge is -2.18. The summed E-state index contributed by atoms with van der Waals surface area (Å²) in [6.45, 7) is 6.30. The summed E-state index contributed by atoms with van der Waals surface area (Å²) < 4.78 is 24.7. The first kappa shape index (κ1) is 10.7. The summed E-state index contributed by atoms with van der Waals surface area (Å²) >= 11 is 0. The Balaban J connectivity index is 2.62. The molecular weight excluding hydrogens is 188 g/mol. The van der Waals surface area contributed by atoms with Crippen LogP contribution >= 0.6 is 0 Å². The number of hydrogen-bond acceptors (Lipinski definition) is 3. The molecule has 13 heavy (non-hydrogen) atoms. The van der Waals surface area contributed by atoms with Crippen LogP contribution in [0.5, 0.6) is 0 Å². The first-order valence-corrected chi connectivity index (χ1v) is 6.07. The molecule has 1 heterocycles. The largest absolute Gasteiger partial charge is 0.315 e. The van der Waals surface area contributed by atoms with Gasteiger partial charge in [0.2, 0.25) is 10.0 Å². The van der Waals surface area contributed by atoms with Gasteiger partial charge in [0.05, 0.1) is 5.75 Å². The Kier molecular flexibility index (Phi) is 3.90. The lowest BCUT2D eigenvalue weighted by molar-refractivity contribution is 0.434. The number of rotatable bonds is 3. The molecule has 0 radical (unpaired) electrons. The minimum Gasteiger partial charge on any atom is -0.315 e. The van der Waals surface area contributed by atoms with E-state index in [9.17, 15) is 8.42 Å². The highest BCUT2D eigenvalue weighted by Gasteiger charge is 2.20. The minimum atomic E-state index is -3.08. The zero-order valence-corrected chi connectivity index (χ0v) is 8.52. The Morgan fingerprint density at radius 3 is 2.85 bits per heavy atom. The SMILES string of the molecule is C=CCS(=O)(=O)N1CCCNCC1. The van der Waals surface area contributed by atoms with Gasteiger partial charge in [0, 0.05) is 19.6 Å². The van der Waals surface area contributed by atoms with E-state index in [0.29, 0.717) is 13.1 Å². The molecule has 0 aliphatic carbocycles. The highest BCUT2D eigenvalue weighted by atomic mass is 32.2. The summed E-state index contributed by atoms with van der Waals surface area (Å²) in [6.07, 6.45) is 2.32. The number of nitrogens with one attached hydrogen (secondary N) is 1. The van der Waals surface area contributed by atoms with Crippen molar-refractivity contribution in [3.63, 3.8) is 0 Å². The fraction of sp³-hybridized carbons (Fsp3) is 0.750. The molecule has 0 spiro atoms. The fourth-order valence-corrected chi connectivity index (χ4v) is 2.64. The van der Waals surface area contributed by atoms with Gasteiger partial charge < -0.3 is 5.32 Å². The number of sulfonamides is 1. The van der Waals surface area contributed by atoms with E-state index >= 15 is 0 Å². The molecule has 0 saturated carbocycles. The van der Waals surface area contributed by atoms with Gasteiger partial charge in [-0.2, -0.15) is 0 Å². The Hall–Kier alpha value is -0.390. The summed E-state index contributed by atoms with van der Waals surface area (Å²) in [6, 6.07) is 0. The van der Waals surface area contributed by atoms with Gasteiger partial charge in [0.1, 0.15) is 0 Å². The lowest BCUT2D eigenvalue weighted by Crippen LogP contribution is -2.35. The fourth-order valence-electron chi connectivity index (χ4n) is 1.35. The van der Waals surface area contributed by atoms with Crippen molar-refractivity contribution in [1.82, 2.24) is 9.62 Å². The summed E-state index contributed by atoms with van der Waals surface area (Å²) in [5.74, 6) is 0.0486. The van der Waals surface area contributed by atoms with Gasteiger partial charge in [-0.25, -0.2) is 12.7 Å². The quantitative estimate of drug-likeness (QED) is 0.648. The van der Waals surface area contributed by atoms with E-state index < -0.39 is 10.0 Å². The molecule has 0 aromatic carbocycles. The lowest BCUT2D eigenvalue weighted by atomic mass is 10.4. The molecule has 1 aliphatic heterocycles. The molecule has 1 saturated heterocycles. The average molecular weight is 204 g/mol. The van der Waals surface area contributed by atoms with Crippen LogP contribution in [0, 0.1) is 0 Å². The maximum atomic E-state index is 11.6. The third-order valence-corrected chi connectivity index (χ3v) is 3.83. The molecule has 4 nitrogen and oxygen atoms in total. The number of hydrogen-bond donors (Lipinski definition) is 1. The van der Waals surface area contributed by atoms with Gasteiger partial charge in [0.15, 0.2) is 0 Å². The van der Waals surface area contributed by atoms with Gasteiger partial charge >= 0.3 is 0 Å². The van der Waals surface area contributed by atoms with E-state index in [1.165, 1.54) is 10.4 Å². The molecule has 0 unspecified atom stereocenters. The minimum absolute atomic E-state index is 0.0486. The first-order chi connectivity index (χ1) is 6.17. The maximum Gasteiger partial charge on any atom is 0.217 e. The molecule has 0 aromatic heterocycles. The summed E-state index contributed by atoms with van der Waals surface area (Å²) in [4.78, 5) is 0. The second kappa shape index (κ2) is 4.74. The van der Waals surface area contributed by atoms with Crippen LogP contribution < -0.4 is 5.32 Å².